The number of nitro benzene ring substituents is 1. The van der Waals surface area contributed by atoms with Gasteiger partial charge >= 0.3 is 0 Å². The van der Waals surface area contributed by atoms with Crippen LogP contribution in [0, 0.1) is 10.1 Å². The molecule has 1 aromatic carbocycles. The van der Waals surface area contributed by atoms with Crippen LogP contribution in [-0.4, -0.2) is 10.0 Å². The Balaban J connectivity index is 3.27. The molecule has 0 atom stereocenters. The number of nitro groups is 1. The fourth-order valence-electron chi connectivity index (χ4n) is 0.843. The smallest absolute Gasteiger partial charge is 0.270 e. The lowest BCUT2D eigenvalue weighted by Crippen LogP contribution is -1.99. The Morgan fingerprint density at radius 1 is 1.54 bits per heavy atom. The van der Waals surface area contributed by atoms with Crippen molar-refractivity contribution in [3.8, 4) is 0 Å². The minimum atomic E-state index is -0.598. The Morgan fingerprint density at radius 3 is 2.62 bits per heavy atom. The molecule has 0 heterocycles. The summed E-state index contributed by atoms with van der Waals surface area (Å²) in [6.07, 6.45) is 0. The molecule has 1 rings (SSSR count). The molecule has 0 saturated heterocycles. The van der Waals surface area contributed by atoms with E-state index in [9.17, 15) is 14.9 Å². The second-order valence-electron chi connectivity index (χ2n) is 2.33. The highest BCUT2D eigenvalue weighted by atomic mass is 32.1. The normalized spacial score (nSPS) is 9.62. The lowest BCUT2D eigenvalue weighted by molar-refractivity contribution is -0.384. The van der Waals surface area contributed by atoms with Crippen molar-refractivity contribution in [3.05, 3.63) is 33.9 Å². The fourth-order valence-corrected chi connectivity index (χ4v) is 1.04. The number of nitrogens with zero attached hydrogens (tertiary/aromatic N) is 1. The van der Waals surface area contributed by atoms with Crippen LogP contribution in [0.1, 0.15) is 10.4 Å². The van der Waals surface area contributed by atoms with E-state index >= 15 is 0 Å². The summed E-state index contributed by atoms with van der Waals surface area (Å²) in [5.74, 6) is 0. The fraction of sp³-hybridized carbons (Fsp3) is 0. The van der Waals surface area contributed by atoms with Crippen LogP contribution in [0.3, 0.4) is 0 Å². The minimum Gasteiger partial charge on any atom is -0.398 e. The Morgan fingerprint density at radius 2 is 2.15 bits per heavy atom. The standard InChI is InChI=1S/C7H6N2O3S/c8-6-2-1-4(9(11)12)3-5(6)7(10)13/h1-3H,8H2,(H,10,13). The summed E-state index contributed by atoms with van der Waals surface area (Å²) in [6.45, 7) is 0. The summed E-state index contributed by atoms with van der Waals surface area (Å²) in [7, 11) is 0. The number of benzene rings is 1. The second kappa shape index (κ2) is 3.44. The Kier molecular flexibility index (Phi) is 2.52. The first-order valence-corrected chi connectivity index (χ1v) is 3.74. The highest BCUT2D eigenvalue weighted by Crippen LogP contribution is 2.20. The van der Waals surface area contributed by atoms with Gasteiger partial charge in [0.2, 0.25) is 5.12 Å². The summed E-state index contributed by atoms with van der Waals surface area (Å²) in [5, 5.41) is 9.73. The van der Waals surface area contributed by atoms with E-state index in [0.717, 1.165) is 6.07 Å². The number of nitrogens with two attached hydrogens (primary N) is 1. The van der Waals surface area contributed by atoms with E-state index in [2.05, 4.69) is 12.6 Å². The van der Waals surface area contributed by atoms with Gasteiger partial charge in [-0.05, 0) is 6.07 Å². The van der Waals surface area contributed by atoms with Crippen molar-refractivity contribution in [1.29, 1.82) is 0 Å². The summed E-state index contributed by atoms with van der Waals surface area (Å²) in [6, 6.07) is 3.64. The second-order valence-corrected chi connectivity index (χ2v) is 2.74. The zero-order chi connectivity index (χ0) is 10.0. The Labute approximate surface area is 79.1 Å². The molecule has 0 radical (unpaired) electrons. The number of thiol groups is 1. The molecule has 2 N–H and O–H groups in total. The molecule has 1 aromatic rings. The minimum absolute atomic E-state index is 0.0533. The maximum atomic E-state index is 10.8. The first-order chi connectivity index (χ1) is 6.02. The Hall–Kier alpha value is -1.56. The van der Waals surface area contributed by atoms with Crippen LogP contribution in [0.4, 0.5) is 11.4 Å². The van der Waals surface area contributed by atoms with Gasteiger partial charge in [0, 0.05) is 17.8 Å². The molecular formula is C7H6N2O3S. The largest absolute Gasteiger partial charge is 0.398 e. The van der Waals surface area contributed by atoms with E-state index in [-0.39, 0.29) is 16.9 Å². The number of rotatable bonds is 2. The topological polar surface area (TPSA) is 86.2 Å². The molecule has 0 aliphatic rings. The van der Waals surface area contributed by atoms with Crippen LogP contribution >= 0.6 is 12.6 Å². The summed E-state index contributed by atoms with van der Waals surface area (Å²) >= 11 is 3.53. The van der Waals surface area contributed by atoms with Gasteiger partial charge in [-0.3, -0.25) is 14.9 Å². The third-order valence-corrected chi connectivity index (χ3v) is 1.72. The predicted octanol–water partition coefficient (Wildman–Crippen LogP) is 1.25. The maximum Gasteiger partial charge on any atom is 0.270 e. The van der Waals surface area contributed by atoms with Gasteiger partial charge in [-0.2, -0.15) is 0 Å². The number of anilines is 1. The predicted molar refractivity (Wildman–Crippen MR) is 50.8 cm³/mol. The number of non-ortho nitro benzene ring substituents is 1. The number of hydrogen-bond acceptors (Lipinski definition) is 4. The van der Waals surface area contributed by atoms with Gasteiger partial charge in [0.05, 0.1) is 10.5 Å². The molecule has 68 valence electrons. The van der Waals surface area contributed by atoms with E-state index in [1.165, 1.54) is 12.1 Å². The average molecular weight is 198 g/mol. The molecule has 6 heteroatoms. The van der Waals surface area contributed by atoms with Crippen LogP contribution in [0.2, 0.25) is 0 Å². The molecule has 0 aromatic heterocycles. The van der Waals surface area contributed by atoms with E-state index in [1.807, 2.05) is 0 Å². The number of hydrogen-bond donors (Lipinski definition) is 2. The quantitative estimate of drug-likeness (QED) is 0.324. The van der Waals surface area contributed by atoms with Crippen LogP contribution in [0.15, 0.2) is 18.2 Å². The maximum absolute atomic E-state index is 10.8. The third kappa shape index (κ3) is 1.97. The van der Waals surface area contributed by atoms with E-state index in [1.54, 1.807) is 0 Å². The van der Waals surface area contributed by atoms with Crippen LogP contribution in [0.25, 0.3) is 0 Å². The highest BCUT2D eigenvalue weighted by molar-refractivity contribution is 7.97. The zero-order valence-electron chi connectivity index (χ0n) is 6.43. The van der Waals surface area contributed by atoms with Crippen molar-refractivity contribution in [2.45, 2.75) is 0 Å². The molecule has 0 saturated carbocycles. The van der Waals surface area contributed by atoms with Gasteiger partial charge < -0.3 is 5.73 Å². The number of nitrogen functional groups attached to an aromatic ring is 1. The van der Waals surface area contributed by atoms with Crippen molar-refractivity contribution in [2.24, 2.45) is 0 Å². The van der Waals surface area contributed by atoms with Gasteiger partial charge in [0.15, 0.2) is 0 Å². The van der Waals surface area contributed by atoms with E-state index in [0.29, 0.717) is 0 Å². The molecule has 0 amide bonds. The van der Waals surface area contributed by atoms with Crippen LogP contribution < -0.4 is 5.73 Å². The molecule has 0 aliphatic carbocycles. The lowest BCUT2D eigenvalue weighted by Gasteiger charge is -1.99. The molecule has 0 aliphatic heterocycles. The first kappa shape index (κ1) is 9.53. The van der Waals surface area contributed by atoms with Gasteiger partial charge in [-0.1, -0.05) is 0 Å². The van der Waals surface area contributed by atoms with Crippen molar-refractivity contribution in [3.63, 3.8) is 0 Å². The SMILES string of the molecule is Nc1ccc([N+](=O)[O-])cc1C(=O)S. The molecule has 0 unspecified atom stereocenters. The van der Waals surface area contributed by atoms with Crippen LogP contribution in [-0.2, 0) is 0 Å². The van der Waals surface area contributed by atoms with E-state index < -0.39 is 10.0 Å². The molecule has 0 spiro atoms. The van der Waals surface area contributed by atoms with Crippen molar-refractivity contribution < 1.29 is 9.72 Å². The zero-order valence-corrected chi connectivity index (χ0v) is 7.32. The summed E-state index contributed by atoms with van der Waals surface area (Å²) in [5.41, 5.74) is 5.46. The molecular weight excluding hydrogens is 192 g/mol. The molecule has 0 bridgehead atoms. The summed E-state index contributed by atoms with van der Waals surface area (Å²) < 4.78 is 0. The third-order valence-electron chi connectivity index (χ3n) is 1.48. The van der Waals surface area contributed by atoms with Gasteiger partial charge in [-0.25, -0.2) is 0 Å². The first-order valence-electron chi connectivity index (χ1n) is 3.29. The van der Waals surface area contributed by atoms with E-state index in [4.69, 9.17) is 5.73 Å². The lowest BCUT2D eigenvalue weighted by atomic mass is 10.2. The molecule has 5 nitrogen and oxygen atoms in total. The van der Waals surface area contributed by atoms with Gasteiger partial charge in [0.25, 0.3) is 5.69 Å². The average Bonchev–Trinajstić information content (AvgIpc) is 2.04. The monoisotopic (exact) mass is 198 g/mol. The number of carbonyl (C=O) groups excluding carboxylic acids is 1. The Bertz CT molecular complexity index is 378. The van der Waals surface area contributed by atoms with Crippen molar-refractivity contribution >= 4 is 29.1 Å². The highest BCUT2D eigenvalue weighted by Gasteiger charge is 2.12. The van der Waals surface area contributed by atoms with Gasteiger partial charge in [-0.15, -0.1) is 12.6 Å². The van der Waals surface area contributed by atoms with Gasteiger partial charge in [0.1, 0.15) is 0 Å². The molecule has 0 fully saturated rings. The van der Waals surface area contributed by atoms with Crippen LogP contribution in [0.5, 0.6) is 0 Å². The summed E-state index contributed by atoms with van der Waals surface area (Å²) in [4.78, 5) is 20.5. The number of carbonyl (C=O) groups is 1. The molecule has 13 heavy (non-hydrogen) atoms. The van der Waals surface area contributed by atoms with Crippen molar-refractivity contribution in [1.82, 2.24) is 0 Å². The van der Waals surface area contributed by atoms with Crippen molar-refractivity contribution in [2.75, 3.05) is 5.73 Å².